The maximum absolute atomic E-state index is 10.4. The molecule has 0 rings (SSSR count). The van der Waals surface area contributed by atoms with Gasteiger partial charge in [-0.15, -0.1) is 0 Å². The Bertz CT molecular complexity index is 149. The molecular weight excluding hydrogens is 118 g/mol. The van der Waals surface area contributed by atoms with Crippen molar-refractivity contribution in [2.75, 3.05) is 0 Å². The van der Waals surface area contributed by atoms with Gasteiger partial charge in [0, 0.05) is 5.57 Å². The highest BCUT2D eigenvalue weighted by Gasteiger charge is 1.97. The number of hydroxylamine groups is 1. The van der Waals surface area contributed by atoms with E-state index in [1.54, 1.807) is 6.92 Å². The van der Waals surface area contributed by atoms with Gasteiger partial charge in [0.15, 0.2) is 0 Å². The molecule has 0 heterocycles. The van der Waals surface area contributed by atoms with Gasteiger partial charge in [-0.2, -0.15) is 0 Å². The molecule has 0 aromatic carbocycles. The molecule has 0 spiro atoms. The summed E-state index contributed by atoms with van der Waals surface area (Å²) in [5, 5.41) is 8.06. The average Bonchev–Trinajstić information content (AvgIpc) is 1.87. The number of hydrogen-bond acceptors (Lipinski definition) is 2. The molecule has 1 amide bonds. The highest BCUT2D eigenvalue weighted by molar-refractivity contribution is 5.92. The predicted octanol–water partition coefficient (Wildman–Crippen LogP) is 0.624. The Morgan fingerprint density at radius 2 is 2.33 bits per heavy atom. The van der Waals surface area contributed by atoms with Gasteiger partial charge < -0.3 is 0 Å². The Labute approximate surface area is 53.6 Å². The van der Waals surface area contributed by atoms with Gasteiger partial charge in [0.25, 0.3) is 5.91 Å². The summed E-state index contributed by atoms with van der Waals surface area (Å²) in [6.45, 7) is 4.96. The van der Waals surface area contributed by atoms with E-state index in [2.05, 4.69) is 6.58 Å². The first-order chi connectivity index (χ1) is 4.22. The summed E-state index contributed by atoms with van der Waals surface area (Å²) in [5.41, 5.74) is 1.92. The first kappa shape index (κ1) is 7.91. The van der Waals surface area contributed by atoms with Crippen LogP contribution in [0.5, 0.6) is 0 Å². The second-order valence-corrected chi connectivity index (χ2v) is 1.53. The van der Waals surface area contributed by atoms with E-state index in [1.165, 1.54) is 17.6 Å². The molecule has 3 nitrogen and oxygen atoms in total. The molecule has 0 fully saturated rings. The number of allylic oxidation sites excluding steroid dienone is 2. The van der Waals surface area contributed by atoms with Gasteiger partial charge in [0.2, 0.25) is 0 Å². The van der Waals surface area contributed by atoms with Crippen molar-refractivity contribution in [3.63, 3.8) is 0 Å². The summed E-state index contributed by atoms with van der Waals surface area (Å²) >= 11 is 0. The van der Waals surface area contributed by atoms with Crippen LogP contribution >= 0.6 is 0 Å². The minimum absolute atomic E-state index is 0.424. The molecule has 50 valence electrons. The monoisotopic (exact) mass is 127 g/mol. The van der Waals surface area contributed by atoms with Crippen LogP contribution in [0.2, 0.25) is 0 Å². The zero-order chi connectivity index (χ0) is 7.28. The molecule has 3 heteroatoms. The largest absolute Gasteiger partial charge is 0.288 e. The zero-order valence-electron chi connectivity index (χ0n) is 5.22. The number of carbonyl (C=O) groups excluding carboxylic acids is 1. The van der Waals surface area contributed by atoms with E-state index in [0.29, 0.717) is 5.57 Å². The van der Waals surface area contributed by atoms with E-state index in [9.17, 15) is 4.79 Å². The van der Waals surface area contributed by atoms with Crippen LogP contribution in [0, 0.1) is 0 Å². The normalized spacial score (nSPS) is 10.7. The lowest BCUT2D eigenvalue weighted by molar-refractivity contribution is -0.125. The Kier molecular flexibility index (Phi) is 3.39. The summed E-state index contributed by atoms with van der Waals surface area (Å²) < 4.78 is 0. The highest BCUT2D eigenvalue weighted by atomic mass is 16.5. The van der Waals surface area contributed by atoms with Gasteiger partial charge in [-0.25, -0.2) is 5.48 Å². The second-order valence-electron chi connectivity index (χ2n) is 1.53. The smallest absolute Gasteiger partial charge is 0.270 e. The molecule has 0 aliphatic heterocycles. The van der Waals surface area contributed by atoms with Crippen LogP contribution in [0.15, 0.2) is 24.3 Å². The SMILES string of the molecule is C=CC=C(C)C(=O)NO. The standard InChI is InChI=1S/C6H9NO2/c1-3-4-5(2)6(8)7-9/h3-4,9H,1H2,2H3,(H,7,8). The van der Waals surface area contributed by atoms with E-state index in [1.807, 2.05) is 0 Å². The van der Waals surface area contributed by atoms with Gasteiger partial charge >= 0.3 is 0 Å². The predicted molar refractivity (Wildman–Crippen MR) is 33.9 cm³/mol. The Morgan fingerprint density at radius 3 is 2.67 bits per heavy atom. The number of nitrogens with one attached hydrogen (secondary N) is 1. The lowest BCUT2D eigenvalue weighted by Crippen LogP contribution is -2.19. The minimum atomic E-state index is -0.505. The Morgan fingerprint density at radius 1 is 1.78 bits per heavy atom. The maximum Gasteiger partial charge on any atom is 0.270 e. The van der Waals surface area contributed by atoms with Crippen molar-refractivity contribution >= 4 is 5.91 Å². The third kappa shape index (κ3) is 2.66. The molecule has 0 saturated carbocycles. The molecule has 0 aliphatic carbocycles. The second kappa shape index (κ2) is 3.86. The van der Waals surface area contributed by atoms with Crippen molar-refractivity contribution in [3.8, 4) is 0 Å². The highest BCUT2D eigenvalue weighted by Crippen LogP contribution is 1.90. The van der Waals surface area contributed by atoms with Crippen molar-refractivity contribution in [2.45, 2.75) is 6.92 Å². The zero-order valence-corrected chi connectivity index (χ0v) is 5.22. The molecule has 0 bridgehead atoms. The maximum atomic E-state index is 10.4. The number of rotatable bonds is 2. The summed E-state index contributed by atoms with van der Waals surface area (Å²) in [6.07, 6.45) is 2.98. The fraction of sp³-hybridized carbons (Fsp3) is 0.167. The van der Waals surface area contributed by atoms with E-state index in [4.69, 9.17) is 5.21 Å². The lowest BCUT2D eigenvalue weighted by Gasteiger charge is -1.93. The van der Waals surface area contributed by atoms with E-state index < -0.39 is 5.91 Å². The van der Waals surface area contributed by atoms with Crippen LogP contribution in [-0.4, -0.2) is 11.1 Å². The summed E-state index contributed by atoms with van der Waals surface area (Å²) in [7, 11) is 0. The van der Waals surface area contributed by atoms with Crippen molar-refractivity contribution in [1.82, 2.24) is 5.48 Å². The summed E-state index contributed by atoms with van der Waals surface area (Å²) in [5.74, 6) is -0.505. The Balaban J connectivity index is 4.01. The van der Waals surface area contributed by atoms with Gasteiger partial charge in [-0.3, -0.25) is 10.0 Å². The quantitative estimate of drug-likeness (QED) is 0.247. The molecule has 2 N–H and O–H groups in total. The molecule has 0 radical (unpaired) electrons. The molecule has 0 saturated heterocycles. The minimum Gasteiger partial charge on any atom is -0.288 e. The van der Waals surface area contributed by atoms with Crippen LogP contribution in [0.3, 0.4) is 0 Å². The van der Waals surface area contributed by atoms with Crippen molar-refractivity contribution in [2.24, 2.45) is 0 Å². The Hall–Kier alpha value is -1.09. The van der Waals surface area contributed by atoms with Crippen LogP contribution < -0.4 is 5.48 Å². The van der Waals surface area contributed by atoms with Crippen LogP contribution in [0.1, 0.15) is 6.92 Å². The molecule has 0 aromatic heterocycles. The molecule has 9 heavy (non-hydrogen) atoms. The van der Waals surface area contributed by atoms with Gasteiger partial charge in [-0.1, -0.05) is 18.7 Å². The first-order valence-corrected chi connectivity index (χ1v) is 2.46. The van der Waals surface area contributed by atoms with E-state index in [0.717, 1.165) is 0 Å². The first-order valence-electron chi connectivity index (χ1n) is 2.46. The third-order valence-corrected chi connectivity index (χ3v) is 0.828. The number of carbonyl (C=O) groups is 1. The fourth-order valence-corrected chi connectivity index (χ4v) is 0.341. The van der Waals surface area contributed by atoms with Gasteiger partial charge in [0.1, 0.15) is 0 Å². The van der Waals surface area contributed by atoms with Gasteiger partial charge in [0.05, 0.1) is 0 Å². The molecule has 0 aromatic rings. The van der Waals surface area contributed by atoms with E-state index >= 15 is 0 Å². The number of amides is 1. The molecule has 0 unspecified atom stereocenters. The lowest BCUT2D eigenvalue weighted by atomic mass is 10.3. The summed E-state index contributed by atoms with van der Waals surface area (Å²) in [4.78, 5) is 10.4. The topological polar surface area (TPSA) is 49.3 Å². The van der Waals surface area contributed by atoms with Crippen molar-refractivity contribution in [3.05, 3.63) is 24.3 Å². The fourth-order valence-electron chi connectivity index (χ4n) is 0.341. The van der Waals surface area contributed by atoms with E-state index in [-0.39, 0.29) is 0 Å². The van der Waals surface area contributed by atoms with Crippen molar-refractivity contribution < 1.29 is 10.0 Å². The molecular formula is C6H9NO2. The van der Waals surface area contributed by atoms with Crippen LogP contribution in [0.25, 0.3) is 0 Å². The molecule has 0 atom stereocenters. The molecule has 0 aliphatic rings. The van der Waals surface area contributed by atoms with Crippen molar-refractivity contribution in [1.29, 1.82) is 0 Å². The van der Waals surface area contributed by atoms with Crippen LogP contribution in [-0.2, 0) is 4.79 Å². The third-order valence-electron chi connectivity index (χ3n) is 0.828. The number of hydrogen-bond donors (Lipinski definition) is 2. The summed E-state index contributed by atoms with van der Waals surface area (Å²) in [6, 6.07) is 0. The van der Waals surface area contributed by atoms with Crippen LogP contribution in [0.4, 0.5) is 0 Å². The van der Waals surface area contributed by atoms with Gasteiger partial charge in [-0.05, 0) is 6.92 Å². The average molecular weight is 127 g/mol.